The van der Waals surface area contributed by atoms with E-state index in [1.165, 1.54) is 70.6 Å². The van der Waals surface area contributed by atoms with Gasteiger partial charge in [-0.1, -0.05) is 103 Å². The minimum Gasteiger partial charge on any atom is -0.456 e. The Morgan fingerprint density at radius 1 is 0.333 bits per heavy atom. The van der Waals surface area contributed by atoms with E-state index in [0.717, 1.165) is 17.1 Å². The van der Waals surface area contributed by atoms with E-state index < -0.39 is 0 Å². The molecule has 0 unspecified atom stereocenters. The first-order valence-electron chi connectivity index (χ1n) is 13.4. The Hall–Kier alpha value is -5.14. The topological polar surface area (TPSA) is 9.23 Å². The predicted octanol–water partition coefficient (Wildman–Crippen LogP) is 10.9. The number of hydrogen-bond donors (Lipinski definition) is 0. The van der Waals surface area contributed by atoms with Crippen LogP contribution >= 0.6 is 0 Å². The van der Waals surface area contributed by atoms with E-state index in [9.17, 15) is 0 Å². The molecule has 0 bridgehead atoms. The van der Waals surface area contributed by atoms with Crippen LogP contribution in [0.15, 0.2) is 133 Å². The van der Waals surface area contributed by atoms with E-state index in [1.54, 1.807) is 0 Å². The summed E-state index contributed by atoms with van der Waals surface area (Å²) in [5, 5.41) is 12.7. The second-order valence-corrected chi connectivity index (χ2v) is 10.5. The van der Waals surface area contributed by atoms with Gasteiger partial charge in [0.05, 0.1) is 0 Å². The maximum absolute atomic E-state index is 6.47. The summed E-state index contributed by atoms with van der Waals surface area (Å²) in [4.78, 5) is 0. The van der Waals surface area contributed by atoms with Gasteiger partial charge in [0, 0.05) is 10.9 Å². The van der Waals surface area contributed by atoms with Gasteiger partial charge >= 0.3 is 0 Å². The van der Waals surface area contributed by atoms with Crippen LogP contribution in [0.3, 0.4) is 0 Å². The highest BCUT2D eigenvalue weighted by Crippen LogP contribution is 2.49. The second-order valence-electron chi connectivity index (χ2n) is 10.5. The van der Waals surface area contributed by atoms with Crippen molar-refractivity contribution in [1.82, 2.24) is 0 Å². The molecule has 0 aromatic heterocycles. The molecule has 0 atom stereocenters. The molecule has 9 rings (SSSR count). The van der Waals surface area contributed by atoms with Crippen LogP contribution in [0.25, 0.3) is 76.1 Å². The van der Waals surface area contributed by atoms with Gasteiger partial charge in [-0.05, 0) is 95.5 Å². The standard InChI is InChI=1S/C38H22O/c1-2-9-26-25(8-1)22-35-34-21-24(17-19-36(34)39-37-15-7-14-32(26)38(35)37)23-16-18-31-29-12-4-3-10-27(29)28-11-5-6-13-30(28)33(31)20-23/h1-22H. The molecule has 0 spiro atoms. The molecule has 0 N–H and O–H groups in total. The van der Waals surface area contributed by atoms with Crippen LogP contribution in [-0.2, 0) is 0 Å². The summed E-state index contributed by atoms with van der Waals surface area (Å²) in [6.07, 6.45) is 0. The number of ether oxygens (including phenoxy) is 1. The quantitative estimate of drug-likeness (QED) is 0.206. The van der Waals surface area contributed by atoms with Gasteiger partial charge in [-0.25, -0.2) is 0 Å². The lowest BCUT2D eigenvalue weighted by molar-refractivity contribution is 0.487. The highest BCUT2D eigenvalue weighted by molar-refractivity contribution is 6.26. The van der Waals surface area contributed by atoms with Crippen LogP contribution in [-0.4, -0.2) is 0 Å². The Labute approximate surface area is 225 Å². The Kier molecular flexibility index (Phi) is 4.11. The van der Waals surface area contributed by atoms with Gasteiger partial charge in [0.25, 0.3) is 0 Å². The van der Waals surface area contributed by atoms with Crippen molar-refractivity contribution in [1.29, 1.82) is 0 Å². The number of fused-ring (bicyclic) bond motifs is 10. The monoisotopic (exact) mass is 494 g/mol. The molecule has 1 aliphatic heterocycles. The van der Waals surface area contributed by atoms with Gasteiger partial charge in [0.2, 0.25) is 0 Å². The van der Waals surface area contributed by atoms with E-state index in [4.69, 9.17) is 4.74 Å². The Morgan fingerprint density at radius 3 is 1.69 bits per heavy atom. The van der Waals surface area contributed by atoms with Crippen LogP contribution in [0.1, 0.15) is 0 Å². The minimum atomic E-state index is 0.909. The van der Waals surface area contributed by atoms with Crippen molar-refractivity contribution in [2.24, 2.45) is 0 Å². The first-order chi connectivity index (χ1) is 19.3. The van der Waals surface area contributed by atoms with Crippen molar-refractivity contribution in [3.05, 3.63) is 133 Å². The van der Waals surface area contributed by atoms with E-state index in [2.05, 4.69) is 133 Å². The van der Waals surface area contributed by atoms with E-state index in [-0.39, 0.29) is 0 Å². The zero-order valence-electron chi connectivity index (χ0n) is 21.1. The fourth-order valence-electron chi connectivity index (χ4n) is 6.64. The molecule has 1 heteroatoms. The molecule has 0 saturated heterocycles. The summed E-state index contributed by atoms with van der Waals surface area (Å²) in [5.74, 6) is 1.84. The first-order valence-corrected chi connectivity index (χ1v) is 13.4. The molecule has 1 aliphatic rings. The fraction of sp³-hybridized carbons (Fsp3) is 0. The van der Waals surface area contributed by atoms with Crippen LogP contribution < -0.4 is 4.74 Å². The third-order valence-corrected chi connectivity index (χ3v) is 8.41. The molecule has 0 saturated carbocycles. The zero-order valence-corrected chi connectivity index (χ0v) is 21.1. The maximum Gasteiger partial charge on any atom is 0.135 e. The largest absolute Gasteiger partial charge is 0.456 e. The van der Waals surface area contributed by atoms with Gasteiger partial charge < -0.3 is 4.74 Å². The highest BCUT2D eigenvalue weighted by atomic mass is 16.5. The summed E-state index contributed by atoms with van der Waals surface area (Å²) in [7, 11) is 0. The maximum atomic E-state index is 6.47. The molecular weight excluding hydrogens is 472 g/mol. The summed E-state index contributed by atoms with van der Waals surface area (Å²) in [6, 6.07) is 48.4. The van der Waals surface area contributed by atoms with Crippen LogP contribution in [0.5, 0.6) is 11.5 Å². The average molecular weight is 495 g/mol. The van der Waals surface area contributed by atoms with Crippen molar-refractivity contribution in [2.75, 3.05) is 0 Å². The summed E-state index contributed by atoms with van der Waals surface area (Å²) < 4.78 is 6.47. The molecule has 1 heterocycles. The summed E-state index contributed by atoms with van der Waals surface area (Å²) >= 11 is 0. The lowest BCUT2D eigenvalue weighted by Crippen LogP contribution is -1.98. The molecule has 1 nitrogen and oxygen atoms in total. The zero-order chi connectivity index (χ0) is 25.5. The van der Waals surface area contributed by atoms with Crippen molar-refractivity contribution < 1.29 is 4.74 Å². The number of hydrogen-bond acceptors (Lipinski definition) is 1. The predicted molar refractivity (Wildman–Crippen MR) is 165 cm³/mol. The number of rotatable bonds is 1. The van der Waals surface area contributed by atoms with Crippen molar-refractivity contribution in [3.8, 4) is 33.8 Å². The molecule has 0 aliphatic carbocycles. The van der Waals surface area contributed by atoms with Crippen LogP contribution in [0, 0.1) is 0 Å². The highest BCUT2D eigenvalue weighted by Gasteiger charge is 2.22. The molecule has 8 aromatic carbocycles. The van der Waals surface area contributed by atoms with Crippen molar-refractivity contribution in [3.63, 3.8) is 0 Å². The fourth-order valence-corrected chi connectivity index (χ4v) is 6.64. The summed E-state index contributed by atoms with van der Waals surface area (Å²) in [6.45, 7) is 0. The molecule has 0 fully saturated rings. The lowest BCUT2D eigenvalue weighted by Gasteiger charge is -2.23. The van der Waals surface area contributed by atoms with E-state index >= 15 is 0 Å². The van der Waals surface area contributed by atoms with E-state index in [1.807, 2.05) is 0 Å². The third-order valence-electron chi connectivity index (χ3n) is 8.41. The Bertz CT molecular complexity index is 2270. The normalized spacial score (nSPS) is 12.3. The molecule has 0 amide bonds. The lowest BCUT2D eigenvalue weighted by atomic mass is 9.88. The third kappa shape index (κ3) is 2.90. The smallest absolute Gasteiger partial charge is 0.135 e. The van der Waals surface area contributed by atoms with Crippen molar-refractivity contribution in [2.45, 2.75) is 0 Å². The minimum absolute atomic E-state index is 0.909. The van der Waals surface area contributed by atoms with Crippen LogP contribution in [0.2, 0.25) is 0 Å². The van der Waals surface area contributed by atoms with Gasteiger partial charge in [0.1, 0.15) is 11.5 Å². The summed E-state index contributed by atoms with van der Waals surface area (Å²) in [5.41, 5.74) is 4.78. The van der Waals surface area contributed by atoms with Crippen LogP contribution in [0.4, 0.5) is 0 Å². The molecular formula is C38H22O. The molecule has 8 aromatic rings. The molecule has 39 heavy (non-hydrogen) atoms. The second kappa shape index (κ2) is 7.69. The average Bonchev–Trinajstić information content (AvgIpc) is 3.01. The molecule has 180 valence electrons. The molecule has 0 radical (unpaired) electrons. The van der Waals surface area contributed by atoms with Gasteiger partial charge in [-0.2, -0.15) is 0 Å². The van der Waals surface area contributed by atoms with E-state index in [0.29, 0.717) is 0 Å². The van der Waals surface area contributed by atoms with Crippen molar-refractivity contribution >= 4 is 53.9 Å². The Balaban J connectivity index is 1.31. The van der Waals surface area contributed by atoms with Gasteiger partial charge in [0.15, 0.2) is 0 Å². The Morgan fingerprint density at radius 2 is 0.923 bits per heavy atom. The first kappa shape index (κ1) is 20.9. The SMILES string of the molecule is c1ccc2c(c1)cc1c3c(cccc32)Oc2ccc(-c3ccc4c5ccccc5c5ccccc5c4c3)cc2-1. The van der Waals surface area contributed by atoms with Gasteiger partial charge in [-0.3, -0.25) is 0 Å². The number of benzene rings is 8. The van der Waals surface area contributed by atoms with Gasteiger partial charge in [-0.15, -0.1) is 0 Å².